The topological polar surface area (TPSA) is 3.24 Å². The van der Waals surface area contributed by atoms with Crippen molar-refractivity contribution in [1.82, 2.24) is 4.90 Å². The van der Waals surface area contributed by atoms with Crippen molar-refractivity contribution < 1.29 is 0 Å². The third kappa shape index (κ3) is 4.74. The minimum atomic E-state index is 0.606. The van der Waals surface area contributed by atoms with Crippen LogP contribution in [0.4, 0.5) is 0 Å². The Kier molecular flexibility index (Phi) is 5.99. The summed E-state index contributed by atoms with van der Waals surface area (Å²) in [5.41, 5.74) is 2.84. The maximum atomic E-state index is 3.83. The molecule has 0 aliphatic rings. The lowest BCUT2D eigenvalue weighted by molar-refractivity contribution is 0.295. The first-order chi connectivity index (χ1) is 8.17. The van der Waals surface area contributed by atoms with E-state index in [0.29, 0.717) is 5.92 Å². The van der Waals surface area contributed by atoms with Crippen LogP contribution in [-0.2, 0) is 6.54 Å². The van der Waals surface area contributed by atoms with E-state index in [9.17, 15) is 0 Å². The van der Waals surface area contributed by atoms with Crippen LogP contribution >= 0.6 is 0 Å². The quantitative estimate of drug-likeness (QED) is 0.635. The molecule has 0 heterocycles. The molecule has 1 rings (SSSR count). The highest BCUT2D eigenvalue weighted by molar-refractivity contribution is 5.25. The molecule has 0 aliphatic carbocycles. The maximum absolute atomic E-state index is 3.83. The molecule has 1 nitrogen and oxygen atoms in total. The molecule has 0 bridgehead atoms. The molecular weight excluding hydrogens is 206 g/mol. The van der Waals surface area contributed by atoms with Crippen molar-refractivity contribution in [2.75, 3.05) is 13.1 Å². The third-order valence-corrected chi connectivity index (χ3v) is 2.95. The summed E-state index contributed by atoms with van der Waals surface area (Å²) in [7, 11) is 0. The van der Waals surface area contributed by atoms with Crippen molar-refractivity contribution in [3.63, 3.8) is 0 Å². The molecule has 0 radical (unpaired) electrons. The molecule has 0 amide bonds. The van der Waals surface area contributed by atoms with Gasteiger partial charge in [0, 0.05) is 13.1 Å². The van der Waals surface area contributed by atoms with E-state index in [1.54, 1.807) is 0 Å². The zero-order valence-electron chi connectivity index (χ0n) is 11.4. The van der Waals surface area contributed by atoms with Crippen LogP contribution in [0.25, 0.3) is 0 Å². The molecule has 17 heavy (non-hydrogen) atoms. The van der Waals surface area contributed by atoms with Gasteiger partial charge in [-0.15, -0.1) is 6.58 Å². The van der Waals surface area contributed by atoms with Gasteiger partial charge in [0.1, 0.15) is 0 Å². The van der Waals surface area contributed by atoms with Crippen LogP contribution in [0.15, 0.2) is 36.9 Å². The predicted molar refractivity (Wildman–Crippen MR) is 76.3 cm³/mol. The molecule has 1 aromatic rings. The first kappa shape index (κ1) is 14.0. The summed E-state index contributed by atoms with van der Waals surface area (Å²) in [5, 5.41) is 0. The van der Waals surface area contributed by atoms with Gasteiger partial charge >= 0.3 is 0 Å². The van der Waals surface area contributed by atoms with Gasteiger partial charge in [0.25, 0.3) is 0 Å². The van der Waals surface area contributed by atoms with Gasteiger partial charge in [-0.1, -0.05) is 51.1 Å². The Labute approximate surface area is 106 Å². The van der Waals surface area contributed by atoms with Crippen molar-refractivity contribution in [3.05, 3.63) is 48.0 Å². The van der Waals surface area contributed by atoms with Crippen molar-refractivity contribution >= 4 is 0 Å². The number of nitrogens with zero attached hydrogens (tertiary/aromatic N) is 1. The van der Waals surface area contributed by atoms with Crippen LogP contribution in [0.2, 0.25) is 0 Å². The molecule has 0 saturated heterocycles. The van der Waals surface area contributed by atoms with Crippen LogP contribution in [0, 0.1) is 0 Å². The molecule has 0 saturated carbocycles. The Bertz CT molecular complexity index is 341. The smallest absolute Gasteiger partial charge is 0.0237 e. The molecule has 0 unspecified atom stereocenters. The zero-order valence-corrected chi connectivity index (χ0v) is 11.4. The van der Waals surface area contributed by atoms with Crippen LogP contribution in [0.3, 0.4) is 0 Å². The Morgan fingerprint density at radius 3 is 2.71 bits per heavy atom. The standard InChI is InChI=1S/C16H25N/c1-5-10-17(11-6-2)13-15-8-7-9-16(12-15)14(3)4/h5,7-9,12,14H,1,6,10-11,13H2,2-4H3. The first-order valence-corrected chi connectivity index (χ1v) is 6.59. The zero-order chi connectivity index (χ0) is 12.7. The van der Waals surface area contributed by atoms with E-state index in [2.05, 4.69) is 56.5 Å². The molecule has 0 aliphatic heterocycles. The van der Waals surface area contributed by atoms with Gasteiger partial charge in [0.05, 0.1) is 0 Å². The summed E-state index contributed by atoms with van der Waals surface area (Å²) in [6.45, 7) is 13.7. The second-order valence-corrected chi connectivity index (χ2v) is 4.92. The van der Waals surface area contributed by atoms with Gasteiger partial charge in [0.2, 0.25) is 0 Å². The molecule has 0 atom stereocenters. The van der Waals surface area contributed by atoms with E-state index in [4.69, 9.17) is 0 Å². The highest BCUT2D eigenvalue weighted by Gasteiger charge is 2.05. The van der Waals surface area contributed by atoms with Crippen molar-refractivity contribution in [1.29, 1.82) is 0 Å². The second kappa shape index (κ2) is 7.29. The first-order valence-electron chi connectivity index (χ1n) is 6.59. The minimum absolute atomic E-state index is 0.606. The van der Waals surface area contributed by atoms with Crippen LogP contribution in [-0.4, -0.2) is 18.0 Å². The fourth-order valence-electron chi connectivity index (χ4n) is 2.04. The summed E-state index contributed by atoms with van der Waals surface area (Å²) in [5.74, 6) is 0.606. The summed E-state index contributed by atoms with van der Waals surface area (Å²) >= 11 is 0. The van der Waals surface area contributed by atoms with E-state index in [0.717, 1.165) is 19.6 Å². The Balaban J connectivity index is 2.70. The number of hydrogen-bond donors (Lipinski definition) is 0. The third-order valence-electron chi connectivity index (χ3n) is 2.95. The number of hydrogen-bond acceptors (Lipinski definition) is 1. The van der Waals surface area contributed by atoms with Gasteiger partial charge in [-0.2, -0.15) is 0 Å². The fraction of sp³-hybridized carbons (Fsp3) is 0.500. The average Bonchev–Trinajstić information content (AvgIpc) is 2.30. The summed E-state index contributed by atoms with van der Waals surface area (Å²) in [6.07, 6.45) is 3.18. The molecule has 1 aromatic carbocycles. The number of rotatable bonds is 7. The van der Waals surface area contributed by atoms with Gasteiger partial charge < -0.3 is 0 Å². The van der Waals surface area contributed by atoms with Gasteiger partial charge in [-0.3, -0.25) is 4.90 Å². The van der Waals surface area contributed by atoms with Crippen molar-refractivity contribution in [2.24, 2.45) is 0 Å². The van der Waals surface area contributed by atoms with E-state index < -0.39 is 0 Å². The van der Waals surface area contributed by atoms with E-state index in [1.807, 2.05) is 6.08 Å². The predicted octanol–water partition coefficient (Wildman–Crippen LogP) is 4.21. The van der Waals surface area contributed by atoms with Crippen LogP contribution < -0.4 is 0 Å². The lowest BCUT2D eigenvalue weighted by Crippen LogP contribution is -2.24. The lowest BCUT2D eigenvalue weighted by Gasteiger charge is -2.20. The number of benzene rings is 1. The normalized spacial score (nSPS) is 11.1. The molecule has 0 spiro atoms. The van der Waals surface area contributed by atoms with Crippen LogP contribution in [0.1, 0.15) is 44.2 Å². The largest absolute Gasteiger partial charge is 0.295 e. The Morgan fingerprint density at radius 2 is 2.12 bits per heavy atom. The van der Waals surface area contributed by atoms with E-state index in [-0.39, 0.29) is 0 Å². The maximum Gasteiger partial charge on any atom is 0.0237 e. The summed E-state index contributed by atoms with van der Waals surface area (Å²) < 4.78 is 0. The van der Waals surface area contributed by atoms with Crippen molar-refractivity contribution in [2.45, 2.75) is 39.7 Å². The van der Waals surface area contributed by atoms with Gasteiger partial charge in [-0.25, -0.2) is 0 Å². The lowest BCUT2D eigenvalue weighted by atomic mass is 10.0. The van der Waals surface area contributed by atoms with Gasteiger partial charge in [-0.05, 0) is 30.0 Å². The molecular formula is C16H25N. The summed E-state index contributed by atoms with van der Waals surface area (Å²) in [4.78, 5) is 2.44. The monoisotopic (exact) mass is 231 g/mol. The highest BCUT2D eigenvalue weighted by Crippen LogP contribution is 2.16. The highest BCUT2D eigenvalue weighted by atomic mass is 15.1. The fourth-order valence-corrected chi connectivity index (χ4v) is 2.04. The van der Waals surface area contributed by atoms with Gasteiger partial charge in [0.15, 0.2) is 0 Å². The van der Waals surface area contributed by atoms with E-state index in [1.165, 1.54) is 17.5 Å². The molecule has 0 N–H and O–H groups in total. The van der Waals surface area contributed by atoms with E-state index >= 15 is 0 Å². The molecule has 0 aromatic heterocycles. The minimum Gasteiger partial charge on any atom is -0.295 e. The molecule has 1 heteroatoms. The summed E-state index contributed by atoms with van der Waals surface area (Å²) in [6, 6.07) is 8.93. The Morgan fingerprint density at radius 1 is 1.35 bits per heavy atom. The molecule has 94 valence electrons. The van der Waals surface area contributed by atoms with Crippen molar-refractivity contribution in [3.8, 4) is 0 Å². The Hall–Kier alpha value is -1.08. The van der Waals surface area contributed by atoms with Crippen LogP contribution in [0.5, 0.6) is 0 Å². The molecule has 0 fully saturated rings. The second-order valence-electron chi connectivity index (χ2n) is 4.92. The average molecular weight is 231 g/mol. The SMILES string of the molecule is C=CCN(CCC)Cc1cccc(C(C)C)c1.